The number of amides is 2. The first-order chi connectivity index (χ1) is 9.95. The third-order valence-electron chi connectivity index (χ3n) is 3.43. The molecule has 0 spiro atoms. The highest BCUT2D eigenvalue weighted by Crippen LogP contribution is 2.33. The first kappa shape index (κ1) is 15.6. The summed E-state index contributed by atoms with van der Waals surface area (Å²) in [5, 5.41) is 12.4. The smallest absolute Gasteiger partial charge is 0.323 e. The molecule has 1 aliphatic rings. The molecule has 1 aliphatic carbocycles. The van der Waals surface area contributed by atoms with Crippen molar-refractivity contribution in [1.29, 1.82) is 0 Å². The fourth-order valence-electron chi connectivity index (χ4n) is 2.24. The predicted molar refractivity (Wildman–Crippen MR) is 81.8 cm³/mol. The second-order valence-corrected chi connectivity index (χ2v) is 5.92. The van der Waals surface area contributed by atoms with E-state index in [2.05, 4.69) is 5.32 Å². The van der Waals surface area contributed by atoms with Crippen LogP contribution in [-0.4, -0.2) is 29.7 Å². The number of halogens is 1. The molecule has 1 aromatic rings. The predicted octanol–water partition coefficient (Wildman–Crippen LogP) is 3.13. The van der Waals surface area contributed by atoms with Crippen molar-refractivity contribution in [3.63, 3.8) is 0 Å². The second kappa shape index (κ2) is 6.80. The molecule has 1 aromatic carbocycles. The zero-order valence-corrected chi connectivity index (χ0v) is 12.6. The Morgan fingerprint density at radius 3 is 2.52 bits per heavy atom. The van der Waals surface area contributed by atoms with Gasteiger partial charge in [-0.25, -0.2) is 4.79 Å². The van der Waals surface area contributed by atoms with E-state index in [0.29, 0.717) is 16.6 Å². The maximum absolute atomic E-state index is 12.3. The molecule has 6 heteroatoms. The molecule has 1 atom stereocenters. The molecule has 5 nitrogen and oxygen atoms in total. The van der Waals surface area contributed by atoms with Crippen molar-refractivity contribution in [1.82, 2.24) is 5.32 Å². The number of carboxylic acid groups (broad SMARTS) is 1. The molecule has 21 heavy (non-hydrogen) atoms. The number of anilines is 1. The number of benzene rings is 1. The van der Waals surface area contributed by atoms with E-state index in [1.165, 1.54) is 17.7 Å². The van der Waals surface area contributed by atoms with E-state index < -0.39 is 12.0 Å². The summed E-state index contributed by atoms with van der Waals surface area (Å²) in [6.07, 6.45) is 3.37. The molecule has 1 saturated carbocycles. The third kappa shape index (κ3) is 4.93. The maximum Gasteiger partial charge on any atom is 0.323 e. The highest BCUT2D eigenvalue weighted by Gasteiger charge is 2.26. The van der Waals surface area contributed by atoms with Crippen molar-refractivity contribution in [3.05, 3.63) is 29.3 Å². The van der Waals surface area contributed by atoms with E-state index in [0.717, 1.165) is 6.42 Å². The molecule has 2 rings (SSSR count). The van der Waals surface area contributed by atoms with Crippen LogP contribution in [0.2, 0.25) is 5.02 Å². The van der Waals surface area contributed by atoms with Crippen LogP contribution in [-0.2, 0) is 4.79 Å². The number of nitrogens with zero attached hydrogens (tertiary/aromatic N) is 1. The Kier molecular flexibility index (Phi) is 5.07. The molecule has 114 valence electrons. The quantitative estimate of drug-likeness (QED) is 0.848. The minimum atomic E-state index is -1.06. The van der Waals surface area contributed by atoms with Crippen molar-refractivity contribution in [3.8, 4) is 0 Å². The van der Waals surface area contributed by atoms with Crippen LogP contribution in [0.5, 0.6) is 0 Å². The molecule has 1 unspecified atom stereocenters. The van der Waals surface area contributed by atoms with E-state index in [1.807, 2.05) is 6.92 Å². The summed E-state index contributed by atoms with van der Waals surface area (Å²) in [4.78, 5) is 24.5. The number of urea groups is 1. The number of nitrogens with one attached hydrogen (secondary N) is 1. The van der Waals surface area contributed by atoms with Gasteiger partial charge in [-0.05, 0) is 43.5 Å². The Bertz CT molecular complexity index is 514. The minimum Gasteiger partial charge on any atom is -0.480 e. The maximum atomic E-state index is 12.3. The molecule has 0 heterocycles. The SMILES string of the molecule is CC(CC1CC1)NC(=O)N(CC(=O)O)c1ccc(Cl)cc1. The van der Waals surface area contributed by atoms with Gasteiger partial charge in [0.2, 0.25) is 0 Å². The Morgan fingerprint density at radius 2 is 2.00 bits per heavy atom. The average molecular weight is 311 g/mol. The number of rotatable bonds is 6. The highest BCUT2D eigenvalue weighted by atomic mass is 35.5. The van der Waals surface area contributed by atoms with E-state index in [9.17, 15) is 9.59 Å². The van der Waals surface area contributed by atoms with Gasteiger partial charge in [-0.15, -0.1) is 0 Å². The van der Waals surface area contributed by atoms with Crippen molar-refractivity contribution >= 4 is 29.3 Å². The monoisotopic (exact) mass is 310 g/mol. The fourth-order valence-corrected chi connectivity index (χ4v) is 2.36. The topological polar surface area (TPSA) is 69.6 Å². The van der Waals surface area contributed by atoms with Gasteiger partial charge in [-0.3, -0.25) is 9.69 Å². The van der Waals surface area contributed by atoms with Gasteiger partial charge in [-0.2, -0.15) is 0 Å². The largest absolute Gasteiger partial charge is 0.480 e. The zero-order chi connectivity index (χ0) is 15.4. The lowest BCUT2D eigenvalue weighted by Gasteiger charge is -2.24. The Hall–Kier alpha value is -1.75. The lowest BCUT2D eigenvalue weighted by Crippen LogP contribution is -2.46. The zero-order valence-electron chi connectivity index (χ0n) is 11.9. The van der Waals surface area contributed by atoms with Crippen LogP contribution in [0.15, 0.2) is 24.3 Å². The van der Waals surface area contributed by atoms with Crippen LogP contribution in [0, 0.1) is 5.92 Å². The standard InChI is InChI=1S/C15H19ClN2O3/c1-10(8-11-2-3-11)17-15(21)18(9-14(19)20)13-6-4-12(16)5-7-13/h4-7,10-11H,2-3,8-9H2,1H3,(H,17,21)(H,19,20). The number of aliphatic carboxylic acids is 1. The molecular formula is C15H19ClN2O3. The number of carboxylic acids is 1. The number of hydrogen-bond acceptors (Lipinski definition) is 2. The van der Waals surface area contributed by atoms with Crippen LogP contribution in [0.25, 0.3) is 0 Å². The molecular weight excluding hydrogens is 292 g/mol. The molecule has 0 bridgehead atoms. The van der Waals surface area contributed by atoms with Crippen LogP contribution < -0.4 is 10.2 Å². The van der Waals surface area contributed by atoms with Gasteiger partial charge in [0.05, 0.1) is 0 Å². The Labute approximate surface area is 128 Å². The summed E-state index contributed by atoms with van der Waals surface area (Å²) in [6, 6.07) is 6.17. The molecule has 1 fully saturated rings. The lowest BCUT2D eigenvalue weighted by molar-refractivity contribution is -0.135. The molecule has 0 saturated heterocycles. The molecule has 0 aromatic heterocycles. The molecule has 2 N–H and O–H groups in total. The molecule has 2 amide bonds. The van der Waals surface area contributed by atoms with E-state index in [-0.39, 0.29) is 12.6 Å². The van der Waals surface area contributed by atoms with Gasteiger partial charge in [0, 0.05) is 16.8 Å². The highest BCUT2D eigenvalue weighted by molar-refractivity contribution is 6.30. The summed E-state index contributed by atoms with van der Waals surface area (Å²) in [7, 11) is 0. The van der Waals surface area contributed by atoms with Gasteiger partial charge in [0.1, 0.15) is 6.54 Å². The van der Waals surface area contributed by atoms with Gasteiger partial charge >= 0.3 is 12.0 Å². The Morgan fingerprint density at radius 1 is 1.38 bits per heavy atom. The summed E-state index contributed by atoms with van der Waals surface area (Å²) in [5.41, 5.74) is 0.512. The van der Waals surface area contributed by atoms with E-state index in [1.54, 1.807) is 24.3 Å². The van der Waals surface area contributed by atoms with Gasteiger partial charge in [0.25, 0.3) is 0 Å². The van der Waals surface area contributed by atoms with Crippen LogP contribution in [0.4, 0.5) is 10.5 Å². The normalized spacial score (nSPS) is 15.3. The lowest BCUT2D eigenvalue weighted by atomic mass is 10.1. The van der Waals surface area contributed by atoms with Gasteiger partial charge in [0.15, 0.2) is 0 Å². The minimum absolute atomic E-state index is 0.0357. The number of hydrogen-bond donors (Lipinski definition) is 2. The van der Waals surface area contributed by atoms with Crippen LogP contribution in [0.1, 0.15) is 26.2 Å². The van der Waals surface area contributed by atoms with Crippen molar-refractivity contribution < 1.29 is 14.7 Å². The van der Waals surface area contributed by atoms with Crippen LogP contribution in [0.3, 0.4) is 0 Å². The van der Waals surface area contributed by atoms with Crippen molar-refractivity contribution in [2.24, 2.45) is 5.92 Å². The summed E-state index contributed by atoms with van der Waals surface area (Å²) >= 11 is 5.81. The summed E-state index contributed by atoms with van der Waals surface area (Å²) in [6.45, 7) is 1.56. The van der Waals surface area contributed by atoms with E-state index >= 15 is 0 Å². The van der Waals surface area contributed by atoms with Crippen LogP contribution >= 0.6 is 11.6 Å². The average Bonchev–Trinajstić information content (AvgIpc) is 3.20. The molecule has 0 radical (unpaired) electrons. The first-order valence-electron chi connectivity index (χ1n) is 7.01. The Balaban J connectivity index is 2.04. The fraction of sp³-hybridized carbons (Fsp3) is 0.467. The van der Waals surface area contributed by atoms with Crippen molar-refractivity contribution in [2.45, 2.75) is 32.2 Å². The van der Waals surface area contributed by atoms with Crippen molar-refractivity contribution in [2.75, 3.05) is 11.4 Å². The third-order valence-corrected chi connectivity index (χ3v) is 3.68. The number of carbonyl (C=O) groups excluding carboxylic acids is 1. The summed E-state index contributed by atoms with van der Waals surface area (Å²) in [5.74, 6) is -0.362. The van der Waals surface area contributed by atoms with Gasteiger partial charge in [-0.1, -0.05) is 24.4 Å². The second-order valence-electron chi connectivity index (χ2n) is 5.49. The first-order valence-corrected chi connectivity index (χ1v) is 7.39. The van der Waals surface area contributed by atoms with E-state index in [4.69, 9.17) is 16.7 Å². The summed E-state index contributed by atoms with van der Waals surface area (Å²) < 4.78 is 0. The molecule has 0 aliphatic heterocycles. The number of carbonyl (C=O) groups is 2. The van der Waals surface area contributed by atoms with Gasteiger partial charge < -0.3 is 10.4 Å².